The van der Waals surface area contributed by atoms with Gasteiger partial charge in [-0.2, -0.15) is 0 Å². The Balaban J connectivity index is -0.000000602. The SMILES string of the molecule is C=C(C)C(=O)OCC#C[Si](C)(C)C.C=C(C)C(=O)OCCOP(=O)([O-])OCC[N+](C)(C)C.CCOC(=O)C(C)(C)Br.CCOC(=O)C(C)(C)CC(C)(CC(C)(Br)C(=O)OCC#C[Si](C)(C)C)C(=O)OCCOP(=O)([O-])OCC[N+](C)(C)C. The highest BCUT2D eigenvalue weighted by atomic mass is 79.9. The standard InChI is InChI=1S/C27H49BrNO10PSi.C11H22NO6P.C10H16O2Si.C6H11BrO2/c1-12-35-22(30)25(2,3)20-26(4,21-27(5,28)24(32)36-15-13-19-41(9,10)11)23(31)37-17-18-39-40(33,34)38-16-14-29(6,7)8;1-10(2)11(13)16-8-9-18-19(14,15)17-7-6-12(3,4)5;1-9(2)10(11)12-7-6-8-13(3,4)5;1-4-9-5(8)6(2,3)7/h12,14-18,20-21H2,1-11H3;1,6-9H2,2-5H3;1,7H2,2-5H3;4H2,1-3H3. The molecule has 28 heteroatoms. The van der Waals surface area contributed by atoms with Crippen LogP contribution < -0.4 is 9.79 Å². The summed E-state index contributed by atoms with van der Waals surface area (Å²) in [5, 5.41) is 0. The Morgan fingerprint density at radius 2 is 0.866 bits per heavy atom. The Labute approximate surface area is 509 Å². The maximum absolute atomic E-state index is 13.4. The predicted octanol–water partition coefficient (Wildman–Crippen LogP) is 7.71. The van der Waals surface area contributed by atoms with Crippen LogP contribution in [0.5, 0.6) is 0 Å². The summed E-state index contributed by atoms with van der Waals surface area (Å²) in [4.78, 5) is 95.0. The quantitative estimate of drug-likeness (QED) is 0.00766. The van der Waals surface area contributed by atoms with Crippen molar-refractivity contribution in [3.8, 4) is 22.9 Å². The van der Waals surface area contributed by atoms with E-state index < -0.39 is 88.4 Å². The summed E-state index contributed by atoms with van der Waals surface area (Å²) in [5.74, 6) is 2.64. The normalized spacial score (nSPS) is 14.6. The fraction of sp³-hybridized carbons (Fsp3) is 0.741. The highest BCUT2D eigenvalue weighted by Crippen LogP contribution is 2.45. The van der Waals surface area contributed by atoms with Gasteiger partial charge in [0, 0.05) is 11.1 Å². The van der Waals surface area contributed by atoms with Crippen molar-refractivity contribution in [2.75, 3.05) is 121 Å². The molecule has 0 aromatic rings. The van der Waals surface area contributed by atoms with Gasteiger partial charge in [-0.25, -0.2) is 9.59 Å². The molecule has 0 aliphatic heterocycles. The first-order valence-corrected chi connectivity index (χ1v) is 37.7. The average Bonchev–Trinajstić information content (AvgIpc) is 3.27. The molecule has 0 saturated carbocycles. The Hall–Kier alpha value is -3.05. The number of quaternary nitrogens is 2. The largest absolute Gasteiger partial charge is 0.756 e. The van der Waals surface area contributed by atoms with E-state index in [4.69, 9.17) is 32.7 Å². The third-order valence-electron chi connectivity index (χ3n) is 9.39. The molecule has 0 aromatic heterocycles. The van der Waals surface area contributed by atoms with Crippen LogP contribution in [0.1, 0.15) is 82.1 Å². The van der Waals surface area contributed by atoms with E-state index in [1.807, 2.05) is 42.3 Å². The van der Waals surface area contributed by atoms with E-state index in [9.17, 15) is 47.7 Å². The number of phosphoric ester groups is 2. The summed E-state index contributed by atoms with van der Waals surface area (Å²) in [6.45, 7) is 36.3. The molecule has 82 heavy (non-hydrogen) atoms. The van der Waals surface area contributed by atoms with Crippen molar-refractivity contribution >= 4 is 99.5 Å². The summed E-state index contributed by atoms with van der Waals surface area (Å²) in [7, 11) is -0.494. The zero-order valence-corrected chi connectivity index (χ0v) is 60.0. The van der Waals surface area contributed by atoms with Gasteiger partial charge in [0.25, 0.3) is 15.6 Å². The number of hydrogen-bond acceptors (Lipinski definition) is 20. The number of halogens is 2. The average molecular weight is 1370 g/mol. The number of carbonyl (C=O) groups is 6. The molecule has 0 radical (unpaired) electrons. The Morgan fingerprint density at radius 3 is 1.21 bits per heavy atom. The molecular weight excluding hydrogens is 1270 g/mol. The summed E-state index contributed by atoms with van der Waals surface area (Å²) in [6.07, 6.45) is -0.131. The van der Waals surface area contributed by atoms with Crippen LogP contribution in [0, 0.1) is 33.8 Å². The zero-order valence-electron chi connectivity index (χ0n) is 53.0. The lowest BCUT2D eigenvalue weighted by Gasteiger charge is -2.37. The van der Waals surface area contributed by atoms with E-state index in [0.29, 0.717) is 34.2 Å². The Bertz CT molecular complexity index is 2300. The van der Waals surface area contributed by atoms with Crippen molar-refractivity contribution in [3.63, 3.8) is 0 Å². The molecule has 476 valence electrons. The number of likely N-dealkylation sites (N-methyl/N-ethyl adjacent to an activating group) is 2. The summed E-state index contributed by atoms with van der Waals surface area (Å²) >= 11 is 6.58. The molecule has 0 fully saturated rings. The lowest BCUT2D eigenvalue weighted by atomic mass is 9.69. The molecule has 0 bridgehead atoms. The summed E-state index contributed by atoms with van der Waals surface area (Å²) in [6, 6.07) is 0. The third-order valence-corrected chi connectivity index (χ3v) is 14.2. The number of ether oxygens (including phenoxy) is 6. The van der Waals surface area contributed by atoms with E-state index >= 15 is 0 Å². The Kier molecular flexibility index (Phi) is 40.5. The van der Waals surface area contributed by atoms with Crippen molar-refractivity contribution < 1.29 is 103 Å². The highest BCUT2D eigenvalue weighted by Gasteiger charge is 2.50. The van der Waals surface area contributed by atoms with Gasteiger partial charge in [0.2, 0.25) is 0 Å². The monoisotopic (exact) mass is 1370 g/mol. The van der Waals surface area contributed by atoms with Crippen LogP contribution >= 0.6 is 47.5 Å². The van der Waals surface area contributed by atoms with Crippen LogP contribution in [0.3, 0.4) is 0 Å². The Morgan fingerprint density at radius 1 is 0.512 bits per heavy atom. The minimum Gasteiger partial charge on any atom is -0.756 e. The van der Waals surface area contributed by atoms with Gasteiger partial charge in [0.1, 0.15) is 64.3 Å². The predicted molar refractivity (Wildman–Crippen MR) is 325 cm³/mol. The minimum atomic E-state index is -4.59. The van der Waals surface area contributed by atoms with E-state index in [0.717, 1.165) is 0 Å². The van der Waals surface area contributed by atoms with Crippen molar-refractivity contribution in [1.29, 1.82) is 0 Å². The van der Waals surface area contributed by atoms with E-state index in [1.165, 1.54) is 6.92 Å². The van der Waals surface area contributed by atoms with Crippen molar-refractivity contribution in [1.82, 2.24) is 0 Å². The van der Waals surface area contributed by atoms with Gasteiger partial charge in [-0.1, -0.05) is 96.1 Å². The maximum atomic E-state index is 13.4. The van der Waals surface area contributed by atoms with E-state index in [-0.39, 0.29) is 76.6 Å². The molecule has 0 rings (SSSR count). The first-order valence-electron chi connectivity index (χ1n) is 26.2. The smallest absolute Gasteiger partial charge is 0.334 e. The van der Waals surface area contributed by atoms with Crippen LogP contribution in [0.15, 0.2) is 24.3 Å². The van der Waals surface area contributed by atoms with Crippen LogP contribution in [-0.2, 0) is 84.4 Å². The molecule has 0 saturated heterocycles. The van der Waals surface area contributed by atoms with Crippen LogP contribution in [0.4, 0.5) is 0 Å². The number of phosphoric acid groups is 2. The molecule has 0 aliphatic carbocycles. The molecule has 0 N–H and O–H groups in total. The van der Waals surface area contributed by atoms with Crippen molar-refractivity contribution in [2.45, 2.75) is 130 Å². The van der Waals surface area contributed by atoms with Crippen LogP contribution in [0.2, 0.25) is 39.3 Å². The van der Waals surface area contributed by atoms with Crippen molar-refractivity contribution in [3.05, 3.63) is 24.3 Å². The molecule has 4 atom stereocenters. The molecule has 0 amide bonds. The maximum Gasteiger partial charge on any atom is 0.334 e. The molecule has 0 spiro atoms. The first kappa shape index (κ1) is 85.4. The van der Waals surface area contributed by atoms with Gasteiger partial charge in [0.15, 0.2) is 13.2 Å². The molecule has 0 aliphatic rings. The second-order valence-corrected chi connectivity index (χ2v) is 40.3. The second-order valence-electron chi connectivity index (χ2n) is 24.3. The number of alkyl halides is 2. The van der Waals surface area contributed by atoms with Gasteiger partial charge in [0.05, 0.1) is 79.5 Å². The summed E-state index contributed by atoms with van der Waals surface area (Å²) < 4.78 is 71.6. The van der Waals surface area contributed by atoms with E-state index in [2.05, 4.69) is 121 Å². The number of esters is 6. The number of rotatable bonds is 30. The molecular formula is C54H98Br2N2O20P2Si2. The van der Waals surface area contributed by atoms with Gasteiger partial charge >= 0.3 is 35.8 Å². The molecule has 0 heterocycles. The second kappa shape index (κ2) is 38.9. The number of hydrogen-bond donors (Lipinski definition) is 0. The molecule has 4 unspecified atom stereocenters. The lowest BCUT2D eigenvalue weighted by molar-refractivity contribution is -0.870. The van der Waals surface area contributed by atoms with E-state index in [1.54, 1.807) is 62.3 Å². The summed E-state index contributed by atoms with van der Waals surface area (Å²) in [5.41, 5.74) is 4.36. The van der Waals surface area contributed by atoms with Gasteiger partial charge in [-0.3, -0.25) is 28.3 Å². The number of nitrogens with zero attached hydrogens (tertiary/aromatic N) is 2. The van der Waals surface area contributed by atoms with Crippen molar-refractivity contribution in [2.24, 2.45) is 10.8 Å². The highest BCUT2D eigenvalue weighted by molar-refractivity contribution is 9.10. The lowest BCUT2D eigenvalue weighted by Crippen LogP contribution is -2.45. The fourth-order valence-electron chi connectivity index (χ4n) is 5.56. The third kappa shape index (κ3) is 49.2. The molecule has 0 aromatic carbocycles. The van der Waals surface area contributed by atoms with Crippen LogP contribution in [0.25, 0.3) is 0 Å². The van der Waals surface area contributed by atoms with Gasteiger partial charge in [-0.15, -0.1) is 11.1 Å². The molecule has 22 nitrogen and oxygen atoms in total. The van der Waals surface area contributed by atoms with Gasteiger partial charge in [-0.05, 0) is 82.1 Å². The minimum absolute atomic E-state index is 0.0311. The topological polar surface area (TPSA) is 275 Å². The fourth-order valence-corrected chi connectivity index (χ4v) is 8.97. The van der Waals surface area contributed by atoms with Crippen LogP contribution in [-0.4, -0.2) is 191 Å². The first-order chi connectivity index (χ1) is 36.7. The number of carbonyl (C=O) groups excluding carboxylic acids is 6. The zero-order chi connectivity index (χ0) is 65.4. The van der Waals surface area contributed by atoms with Gasteiger partial charge < -0.3 is 65.3 Å².